The van der Waals surface area contributed by atoms with Gasteiger partial charge in [-0.1, -0.05) is 17.7 Å². The summed E-state index contributed by atoms with van der Waals surface area (Å²) in [6.07, 6.45) is 3.66. The minimum atomic E-state index is -0.191. The van der Waals surface area contributed by atoms with Gasteiger partial charge in [0.05, 0.1) is 17.3 Å². The maximum absolute atomic E-state index is 12.9. The van der Waals surface area contributed by atoms with Crippen molar-refractivity contribution in [1.29, 1.82) is 0 Å². The van der Waals surface area contributed by atoms with Crippen molar-refractivity contribution in [3.05, 3.63) is 64.9 Å². The zero-order valence-corrected chi connectivity index (χ0v) is 16.2. The monoisotopic (exact) mass is 395 g/mol. The van der Waals surface area contributed by atoms with E-state index in [0.29, 0.717) is 40.5 Å². The first-order valence-corrected chi connectivity index (χ1v) is 9.17. The number of amides is 1. The number of hydrogen-bond acceptors (Lipinski definition) is 5. The number of aromatic nitrogens is 4. The SMILES string of the molecule is Cc1c(Cl)ccc2c(C(=O)NCCc3ncnn3C)cc(-c3ccco3)nc12. The van der Waals surface area contributed by atoms with Gasteiger partial charge >= 0.3 is 0 Å². The molecule has 142 valence electrons. The molecule has 1 amide bonds. The molecular weight excluding hydrogens is 378 g/mol. The van der Waals surface area contributed by atoms with Crippen molar-refractivity contribution < 1.29 is 9.21 Å². The van der Waals surface area contributed by atoms with Gasteiger partial charge in [-0.2, -0.15) is 5.10 Å². The fraction of sp³-hybridized carbons (Fsp3) is 0.200. The second kappa shape index (κ2) is 7.44. The van der Waals surface area contributed by atoms with E-state index in [0.717, 1.165) is 16.8 Å². The first-order valence-electron chi connectivity index (χ1n) is 8.79. The van der Waals surface area contributed by atoms with Gasteiger partial charge in [0, 0.05) is 30.4 Å². The second-order valence-corrected chi connectivity index (χ2v) is 6.81. The molecule has 0 aliphatic heterocycles. The average Bonchev–Trinajstić information content (AvgIpc) is 3.36. The highest BCUT2D eigenvalue weighted by Gasteiger charge is 2.17. The molecule has 0 saturated heterocycles. The summed E-state index contributed by atoms with van der Waals surface area (Å²) in [5, 5.41) is 8.33. The molecule has 8 heteroatoms. The Hall–Kier alpha value is -3.19. The lowest BCUT2D eigenvalue weighted by molar-refractivity contribution is 0.0955. The van der Waals surface area contributed by atoms with Crippen molar-refractivity contribution in [2.24, 2.45) is 7.05 Å². The van der Waals surface area contributed by atoms with E-state index in [1.54, 1.807) is 29.1 Å². The van der Waals surface area contributed by atoms with Crippen LogP contribution in [0.4, 0.5) is 0 Å². The molecule has 0 saturated carbocycles. The summed E-state index contributed by atoms with van der Waals surface area (Å²) in [7, 11) is 1.82. The number of rotatable bonds is 5. The Balaban J connectivity index is 1.69. The number of nitrogens with zero attached hydrogens (tertiary/aromatic N) is 4. The van der Waals surface area contributed by atoms with Crippen LogP contribution in [0.5, 0.6) is 0 Å². The van der Waals surface area contributed by atoms with Gasteiger partial charge in [0.15, 0.2) is 5.76 Å². The van der Waals surface area contributed by atoms with Gasteiger partial charge in [-0.3, -0.25) is 9.48 Å². The highest BCUT2D eigenvalue weighted by molar-refractivity contribution is 6.32. The van der Waals surface area contributed by atoms with Crippen molar-refractivity contribution in [1.82, 2.24) is 25.1 Å². The minimum Gasteiger partial charge on any atom is -0.463 e. The molecule has 0 spiro atoms. The van der Waals surface area contributed by atoms with Gasteiger partial charge < -0.3 is 9.73 Å². The molecule has 28 heavy (non-hydrogen) atoms. The molecule has 3 aromatic heterocycles. The molecule has 0 atom stereocenters. The zero-order valence-electron chi connectivity index (χ0n) is 15.4. The minimum absolute atomic E-state index is 0.191. The molecule has 0 unspecified atom stereocenters. The molecule has 4 rings (SSSR count). The smallest absolute Gasteiger partial charge is 0.252 e. The molecule has 0 aliphatic carbocycles. The molecule has 1 N–H and O–H groups in total. The normalized spacial score (nSPS) is 11.1. The summed E-state index contributed by atoms with van der Waals surface area (Å²) >= 11 is 6.27. The van der Waals surface area contributed by atoms with E-state index >= 15 is 0 Å². The van der Waals surface area contributed by atoms with E-state index in [2.05, 4.69) is 20.4 Å². The number of hydrogen-bond donors (Lipinski definition) is 1. The molecule has 0 radical (unpaired) electrons. The van der Waals surface area contributed by atoms with Crippen LogP contribution < -0.4 is 5.32 Å². The summed E-state index contributed by atoms with van der Waals surface area (Å²) in [6.45, 7) is 2.33. The van der Waals surface area contributed by atoms with Gasteiger partial charge in [-0.25, -0.2) is 9.97 Å². The van der Waals surface area contributed by atoms with Gasteiger partial charge in [0.25, 0.3) is 5.91 Å². The molecule has 0 bridgehead atoms. The predicted octanol–water partition coefficient (Wildman–Crippen LogP) is 3.56. The average molecular weight is 396 g/mol. The topological polar surface area (TPSA) is 85.8 Å². The fourth-order valence-corrected chi connectivity index (χ4v) is 3.22. The second-order valence-electron chi connectivity index (χ2n) is 6.41. The van der Waals surface area contributed by atoms with Crippen molar-refractivity contribution in [3.8, 4) is 11.5 Å². The quantitative estimate of drug-likeness (QED) is 0.558. The largest absolute Gasteiger partial charge is 0.463 e. The molecule has 4 aromatic rings. The van der Waals surface area contributed by atoms with Crippen LogP contribution in [0.3, 0.4) is 0 Å². The van der Waals surface area contributed by atoms with Gasteiger partial charge in [0.2, 0.25) is 0 Å². The Morgan fingerprint density at radius 2 is 2.18 bits per heavy atom. The number of carbonyl (C=O) groups is 1. The van der Waals surface area contributed by atoms with Crippen molar-refractivity contribution in [3.63, 3.8) is 0 Å². The van der Waals surface area contributed by atoms with Crippen LogP contribution >= 0.6 is 11.6 Å². The summed E-state index contributed by atoms with van der Waals surface area (Å²) in [5.74, 6) is 1.21. The van der Waals surface area contributed by atoms with Gasteiger partial charge in [0.1, 0.15) is 17.8 Å². The lowest BCUT2D eigenvalue weighted by Crippen LogP contribution is -2.26. The number of pyridine rings is 1. The maximum atomic E-state index is 12.9. The Bertz CT molecular complexity index is 1150. The lowest BCUT2D eigenvalue weighted by atomic mass is 10.0. The zero-order chi connectivity index (χ0) is 19.7. The Labute approximate surface area is 166 Å². The highest BCUT2D eigenvalue weighted by atomic mass is 35.5. The van der Waals surface area contributed by atoms with Crippen LogP contribution in [0.1, 0.15) is 21.7 Å². The molecular formula is C20H18ClN5O2. The van der Waals surface area contributed by atoms with Crippen LogP contribution in [0.15, 0.2) is 47.3 Å². The summed E-state index contributed by atoms with van der Waals surface area (Å²) < 4.78 is 7.16. The summed E-state index contributed by atoms with van der Waals surface area (Å²) in [5.41, 5.74) is 2.61. The predicted molar refractivity (Wildman–Crippen MR) is 106 cm³/mol. The van der Waals surface area contributed by atoms with Crippen LogP contribution in [0.2, 0.25) is 5.02 Å². The van der Waals surface area contributed by atoms with Crippen molar-refractivity contribution in [2.75, 3.05) is 6.54 Å². The van der Waals surface area contributed by atoms with Crippen molar-refractivity contribution >= 4 is 28.4 Å². The summed E-state index contributed by atoms with van der Waals surface area (Å²) in [4.78, 5) is 21.8. The third-order valence-corrected chi connectivity index (χ3v) is 5.04. The molecule has 0 aliphatic rings. The van der Waals surface area contributed by atoms with Crippen LogP contribution in [-0.2, 0) is 13.5 Å². The van der Waals surface area contributed by atoms with Crippen LogP contribution in [0.25, 0.3) is 22.4 Å². The number of nitrogens with one attached hydrogen (secondary N) is 1. The molecule has 1 aromatic carbocycles. The first-order chi connectivity index (χ1) is 13.5. The lowest BCUT2D eigenvalue weighted by Gasteiger charge is -2.12. The Kier molecular flexibility index (Phi) is 4.83. The van der Waals surface area contributed by atoms with Crippen LogP contribution in [0, 0.1) is 6.92 Å². The Morgan fingerprint density at radius 3 is 2.89 bits per heavy atom. The fourth-order valence-electron chi connectivity index (χ4n) is 3.07. The third-order valence-electron chi connectivity index (χ3n) is 4.63. The standard InChI is InChI=1S/C20H18ClN5O2/c1-12-15(21)6-5-13-14(10-16(25-19(12)13)17-4-3-9-28-17)20(27)22-8-7-18-23-11-24-26(18)2/h3-6,9-11H,7-8H2,1-2H3,(H,22,27). The number of halogens is 1. The van der Waals surface area contributed by atoms with E-state index in [1.807, 2.05) is 26.1 Å². The third kappa shape index (κ3) is 3.36. The van der Waals surface area contributed by atoms with E-state index in [1.165, 1.54) is 6.33 Å². The molecule has 7 nitrogen and oxygen atoms in total. The van der Waals surface area contributed by atoms with Crippen LogP contribution in [-0.4, -0.2) is 32.2 Å². The summed E-state index contributed by atoms with van der Waals surface area (Å²) in [6, 6.07) is 8.94. The van der Waals surface area contributed by atoms with Gasteiger partial charge in [-0.15, -0.1) is 0 Å². The van der Waals surface area contributed by atoms with E-state index in [-0.39, 0.29) is 5.91 Å². The van der Waals surface area contributed by atoms with E-state index in [4.69, 9.17) is 16.0 Å². The number of aryl methyl sites for hydroxylation is 2. The molecule has 3 heterocycles. The molecule has 0 fully saturated rings. The number of fused-ring (bicyclic) bond motifs is 1. The highest BCUT2D eigenvalue weighted by Crippen LogP contribution is 2.30. The number of carbonyl (C=O) groups excluding carboxylic acids is 1. The maximum Gasteiger partial charge on any atom is 0.252 e. The van der Waals surface area contributed by atoms with Crippen molar-refractivity contribution in [2.45, 2.75) is 13.3 Å². The number of furan rings is 1. The van der Waals surface area contributed by atoms with Gasteiger partial charge in [-0.05, 0) is 36.8 Å². The van der Waals surface area contributed by atoms with E-state index in [9.17, 15) is 4.79 Å². The first kappa shape index (κ1) is 18.2. The number of benzene rings is 1. The van der Waals surface area contributed by atoms with E-state index < -0.39 is 0 Å². The Morgan fingerprint density at radius 1 is 1.32 bits per heavy atom.